The minimum atomic E-state index is 0.633. The maximum Gasteiger partial charge on any atom is -0.0267 e. The fourth-order valence-corrected chi connectivity index (χ4v) is 3.50. The normalized spacial score (nSPS) is 41.6. The van der Waals surface area contributed by atoms with Crippen LogP contribution in [0.3, 0.4) is 0 Å². The Bertz CT molecular complexity index is 184. The molecular weight excluding hydrogens is 168 g/mol. The highest BCUT2D eigenvalue weighted by atomic mass is 14.5. The van der Waals surface area contributed by atoms with Gasteiger partial charge in [-0.05, 0) is 35.5 Å². The van der Waals surface area contributed by atoms with Crippen molar-refractivity contribution in [1.82, 2.24) is 0 Å². The van der Waals surface area contributed by atoms with Crippen LogP contribution in [0.2, 0.25) is 0 Å². The predicted molar refractivity (Wildman–Crippen MR) is 64.3 cm³/mol. The van der Waals surface area contributed by atoms with Gasteiger partial charge in [0.25, 0.3) is 0 Å². The van der Waals surface area contributed by atoms with E-state index < -0.39 is 0 Å². The van der Waals surface area contributed by atoms with Crippen molar-refractivity contribution in [2.24, 2.45) is 29.1 Å². The first-order chi connectivity index (χ1) is 6.43. The fourth-order valence-electron chi connectivity index (χ4n) is 3.50. The molecule has 0 nitrogen and oxygen atoms in total. The Hall–Kier alpha value is 0. The monoisotopic (exact) mass is 196 g/mol. The highest BCUT2D eigenvalue weighted by Gasteiger charge is 2.49. The van der Waals surface area contributed by atoms with E-state index in [1.807, 2.05) is 0 Å². The number of rotatable bonds is 4. The third-order valence-electron chi connectivity index (χ3n) is 5.29. The van der Waals surface area contributed by atoms with Crippen LogP contribution < -0.4 is 0 Å². The van der Waals surface area contributed by atoms with Gasteiger partial charge in [0.05, 0.1) is 0 Å². The molecule has 5 atom stereocenters. The van der Waals surface area contributed by atoms with Crippen molar-refractivity contribution >= 4 is 0 Å². The summed E-state index contributed by atoms with van der Waals surface area (Å²) in [5.41, 5.74) is 0.633. The minimum Gasteiger partial charge on any atom is -0.0654 e. The highest BCUT2D eigenvalue weighted by Crippen LogP contribution is 2.57. The maximum absolute atomic E-state index is 2.51. The quantitative estimate of drug-likeness (QED) is 0.609. The van der Waals surface area contributed by atoms with Gasteiger partial charge in [0.2, 0.25) is 0 Å². The molecule has 0 spiro atoms. The minimum absolute atomic E-state index is 0.633. The summed E-state index contributed by atoms with van der Waals surface area (Å²) in [6.07, 6.45) is 4.19. The molecule has 0 aromatic carbocycles. The molecule has 1 rings (SSSR count). The SMILES string of the molecule is CCCC(C)C(C)C1(C)CC(C)C1C. The molecule has 84 valence electrons. The first-order valence-corrected chi connectivity index (χ1v) is 6.43. The van der Waals surface area contributed by atoms with Crippen LogP contribution in [0.5, 0.6) is 0 Å². The molecule has 0 bridgehead atoms. The van der Waals surface area contributed by atoms with E-state index in [0.29, 0.717) is 5.41 Å². The summed E-state index contributed by atoms with van der Waals surface area (Å²) in [6.45, 7) is 14.6. The summed E-state index contributed by atoms with van der Waals surface area (Å²) in [5.74, 6) is 3.68. The Morgan fingerprint density at radius 3 is 2.21 bits per heavy atom. The summed E-state index contributed by atoms with van der Waals surface area (Å²) < 4.78 is 0. The van der Waals surface area contributed by atoms with Gasteiger partial charge in [-0.15, -0.1) is 0 Å². The number of hydrogen-bond donors (Lipinski definition) is 0. The zero-order valence-electron chi connectivity index (χ0n) is 10.9. The third kappa shape index (κ3) is 1.85. The highest BCUT2D eigenvalue weighted by molar-refractivity contribution is 4.98. The Labute approximate surface area is 90.5 Å². The predicted octanol–water partition coefficient (Wildman–Crippen LogP) is 4.74. The lowest BCUT2D eigenvalue weighted by molar-refractivity contribution is -0.0696. The Kier molecular flexibility index (Phi) is 3.66. The lowest BCUT2D eigenvalue weighted by Gasteiger charge is -2.56. The zero-order chi connectivity index (χ0) is 10.9. The van der Waals surface area contributed by atoms with Crippen molar-refractivity contribution in [3.63, 3.8) is 0 Å². The summed E-state index contributed by atoms with van der Waals surface area (Å²) in [5, 5.41) is 0. The van der Waals surface area contributed by atoms with Crippen molar-refractivity contribution in [3.8, 4) is 0 Å². The molecule has 0 N–H and O–H groups in total. The van der Waals surface area contributed by atoms with Crippen LogP contribution in [-0.4, -0.2) is 0 Å². The van der Waals surface area contributed by atoms with E-state index in [0.717, 1.165) is 23.7 Å². The van der Waals surface area contributed by atoms with E-state index in [1.54, 1.807) is 0 Å². The van der Waals surface area contributed by atoms with Crippen molar-refractivity contribution in [2.75, 3.05) is 0 Å². The molecule has 5 unspecified atom stereocenters. The van der Waals surface area contributed by atoms with Gasteiger partial charge in [-0.3, -0.25) is 0 Å². The Balaban J connectivity index is 2.56. The van der Waals surface area contributed by atoms with Gasteiger partial charge in [0.1, 0.15) is 0 Å². The lowest BCUT2D eigenvalue weighted by Crippen LogP contribution is -2.48. The molecule has 0 saturated heterocycles. The van der Waals surface area contributed by atoms with Crippen LogP contribution in [0.25, 0.3) is 0 Å². The molecule has 14 heavy (non-hydrogen) atoms. The topological polar surface area (TPSA) is 0 Å². The maximum atomic E-state index is 2.51. The molecular formula is C14H28. The second kappa shape index (κ2) is 4.24. The van der Waals surface area contributed by atoms with Crippen LogP contribution >= 0.6 is 0 Å². The van der Waals surface area contributed by atoms with Crippen LogP contribution in [0, 0.1) is 29.1 Å². The van der Waals surface area contributed by atoms with Crippen molar-refractivity contribution < 1.29 is 0 Å². The smallest absolute Gasteiger partial charge is 0.0267 e. The Morgan fingerprint density at radius 2 is 1.86 bits per heavy atom. The van der Waals surface area contributed by atoms with Crippen LogP contribution in [-0.2, 0) is 0 Å². The zero-order valence-corrected chi connectivity index (χ0v) is 10.9. The number of hydrogen-bond acceptors (Lipinski definition) is 0. The van der Waals surface area contributed by atoms with E-state index in [9.17, 15) is 0 Å². The molecule has 0 aromatic rings. The van der Waals surface area contributed by atoms with Gasteiger partial charge in [-0.1, -0.05) is 54.4 Å². The first-order valence-electron chi connectivity index (χ1n) is 6.43. The van der Waals surface area contributed by atoms with Gasteiger partial charge in [-0.2, -0.15) is 0 Å². The van der Waals surface area contributed by atoms with Crippen LogP contribution in [0.15, 0.2) is 0 Å². The van der Waals surface area contributed by atoms with Crippen molar-refractivity contribution in [3.05, 3.63) is 0 Å². The molecule has 0 aliphatic heterocycles. The molecule has 0 heterocycles. The summed E-state index contributed by atoms with van der Waals surface area (Å²) in [6, 6.07) is 0. The first kappa shape index (κ1) is 12.1. The van der Waals surface area contributed by atoms with Gasteiger partial charge in [0.15, 0.2) is 0 Å². The third-order valence-corrected chi connectivity index (χ3v) is 5.29. The summed E-state index contributed by atoms with van der Waals surface area (Å²) >= 11 is 0. The Morgan fingerprint density at radius 1 is 1.29 bits per heavy atom. The van der Waals surface area contributed by atoms with E-state index in [2.05, 4.69) is 41.5 Å². The summed E-state index contributed by atoms with van der Waals surface area (Å²) in [7, 11) is 0. The van der Waals surface area contributed by atoms with Crippen molar-refractivity contribution in [1.29, 1.82) is 0 Å². The molecule has 1 aliphatic carbocycles. The average molecular weight is 196 g/mol. The largest absolute Gasteiger partial charge is 0.0654 e. The molecule has 0 aromatic heterocycles. The van der Waals surface area contributed by atoms with E-state index in [1.165, 1.54) is 19.3 Å². The molecule has 1 saturated carbocycles. The van der Waals surface area contributed by atoms with Crippen LogP contribution in [0.4, 0.5) is 0 Å². The average Bonchev–Trinajstić information content (AvgIpc) is 2.16. The van der Waals surface area contributed by atoms with Gasteiger partial charge in [0, 0.05) is 0 Å². The molecule has 0 amide bonds. The molecule has 1 aliphatic rings. The van der Waals surface area contributed by atoms with Gasteiger partial charge >= 0.3 is 0 Å². The second-order valence-electron chi connectivity index (χ2n) is 6.03. The van der Waals surface area contributed by atoms with E-state index in [-0.39, 0.29) is 0 Å². The van der Waals surface area contributed by atoms with E-state index >= 15 is 0 Å². The molecule has 1 fully saturated rings. The second-order valence-corrected chi connectivity index (χ2v) is 6.03. The van der Waals surface area contributed by atoms with Crippen LogP contribution in [0.1, 0.15) is 60.8 Å². The van der Waals surface area contributed by atoms with Gasteiger partial charge < -0.3 is 0 Å². The standard InChI is InChI=1S/C14H28/c1-7-8-10(2)12(4)14(6)9-11(3)13(14)5/h10-13H,7-9H2,1-6H3. The molecule has 0 heteroatoms. The van der Waals surface area contributed by atoms with E-state index in [4.69, 9.17) is 0 Å². The molecule has 0 radical (unpaired) electrons. The van der Waals surface area contributed by atoms with Crippen molar-refractivity contribution in [2.45, 2.75) is 60.8 Å². The summed E-state index contributed by atoms with van der Waals surface area (Å²) in [4.78, 5) is 0. The fraction of sp³-hybridized carbons (Fsp3) is 1.00. The van der Waals surface area contributed by atoms with Gasteiger partial charge in [-0.25, -0.2) is 0 Å². The lowest BCUT2D eigenvalue weighted by atomic mass is 9.49.